The lowest BCUT2D eigenvalue weighted by Crippen LogP contribution is -2.31. The molecule has 1 aromatic carbocycles. The zero-order valence-electron chi connectivity index (χ0n) is 10.1. The molecule has 1 fully saturated rings. The van der Waals surface area contributed by atoms with Gasteiger partial charge in [-0.15, -0.1) is 23.5 Å². The van der Waals surface area contributed by atoms with Crippen molar-refractivity contribution < 1.29 is 0 Å². The van der Waals surface area contributed by atoms with Crippen molar-refractivity contribution in [3.63, 3.8) is 0 Å². The van der Waals surface area contributed by atoms with E-state index < -0.39 is 0 Å². The maximum absolute atomic E-state index is 6.11. The summed E-state index contributed by atoms with van der Waals surface area (Å²) < 4.78 is 0. The van der Waals surface area contributed by atoms with E-state index in [-0.39, 0.29) is 11.5 Å². The minimum Gasteiger partial charge on any atom is -0.327 e. The lowest BCUT2D eigenvalue weighted by Gasteiger charge is -2.21. The van der Waals surface area contributed by atoms with E-state index in [1.54, 1.807) is 0 Å². The van der Waals surface area contributed by atoms with Crippen LogP contribution in [-0.2, 0) is 5.41 Å². The summed E-state index contributed by atoms with van der Waals surface area (Å²) in [6.07, 6.45) is 6.77. The maximum Gasteiger partial charge on any atom is 0.0208 e. The van der Waals surface area contributed by atoms with E-state index >= 15 is 0 Å². The molecule has 2 rings (SSSR count). The van der Waals surface area contributed by atoms with Gasteiger partial charge in [0.25, 0.3) is 0 Å². The van der Waals surface area contributed by atoms with Gasteiger partial charge in [-0.2, -0.15) is 0 Å². The summed E-state index contributed by atoms with van der Waals surface area (Å²) >= 11 is 3.64. The molecule has 1 unspecified atom stereocenters. The minimum atomic E-state index is 0.266. The van der Waals surface area contributed by atoms with Gasteiger partial charge in [-0.1, -0.05) is 6.07 Å². The maximum atomic E-state index is 6.11. The van der Waals surface area contributed by atoms with Gasteiger partial charge in [0.1, 0.15) is 0 Å². The molecule has 1 aliphatic rings. The van der Waals surface area contributed by atoms with Crippen molar-refractivity contribution in [2.24, 2.45) is 5.73 Å². The van der Waals surface area contributed by atoms with Crippen LogP contribution in [0.15, 0.2) is 28.0 Å². The highest BCUT2D eigenvalue weighted by molar-refractivity contribution is 8.01. The van der Waals surface area contributed by atoms with Crippen LogP contribution in [-0.4, -0.2) is 18.6 Å². The molecule has 0 spiro atoms. The number of thioether (sulfide) groups is 2. The molecule has 0 saturated heterocycles. The predicted molar refractivity (Wildman–Crippen MR) is 74.6 cm³/mol. The highest BCUT2D eigenvalue weighted by atomic mass is 32.2. The Kier molecular flexibility index (Phi) is 3.57. The summed E-state index contributed by atoms with van der Waals surface area (Å²) in [5.74, 6) is 0. The number of hydrogen-bond acceptors (Lipinski definition) is 3. The standard InChI is InChI=1S/C13H19NS2/c1-9(14)13(6-7-13)10-4-5-11(15-2)12(8-10)16-3/h4-5,8-9H,6-7,14H2,1-3H3. The molecule has 88 valence electrons. The molecular formula is C13H19NS2. The van der Waals surface area contributed by atoms with Crippen LogP contribution in [0.25, 0.3) is 0 Å². The molecule has 3 heteroatoms. The van der Waals surface area contributed by atoms with Gasteiger partial charge in [0.2, 0.25) is 0 Å². The van der Waals surface area contributed by atoms with Gasteiger partial charge < -0.3 is 5.73 Å². The Balaban J connectivity index is 2.37. The summed E-state index contributed by atoms with van der Waals surface area (Å²) in [7, 11) is 0. The fraction of sp³-hybridized carbons (Fsp3) is 0.538. The van der Waals surface area contributed by atoms with Crippen LogP contribution in [0.4, 0.5) is 0 Å². The van der Waals surface area contributed by atoms with E-state index in [1.807, 2.05) is 23.5 Å². The highest BCUT2D eigenvalue weighted by Gasteiger charge is 2.47. The second-order valence-electron chi connectivity index (χ2n) is 4.51. The number of hydrogen-bond donors (Lipinski definition) is 1. The van der Waals surface area contributed by atoms with Crippen molar-refractivity contribution in [1.82, 2.24) is 0 Å². The first-order valence-electron chi connectivity index (χ1n) is 5.62. The van der Waals surface area contributed by atoms with Gasteiger partial charge in [-0.3, -0.25) is 0 Å². The summed E-state index contributed by atoms with van der Waals surface area (Å²) in [5.41, 5.74) is 7.83. The summed E-state index contributed by atoms with van der Waals surface area (Å²) in [5, 5.41) is 0. The second kappa shape index (κ2) is 4.63. The average Bonchev–Trinajstić information content (AvgIpc) is 3.09. The van der Waals surface area contributed by atoms with Crippen LogP contribution in [0.2, 0.25) is 0 Å². The van der Waals surface area contributed by atoms with Gasteiger partial charge in [0, 0.05) is 21.2 Å². The molecule has 0 heterocycles. The first kappa shape index (κ1) is 12.3. The molecule has 1 nitrogen and oxygen atoms in total. The normalized spacial score (nSPS) is 19.5. The molecule has 16 heavy (non-hydrogen) atoms. The Hall–Kier alpha value is -0.120. The Bertz CT molecular complexity index is 384. The molecule has 1 aliphatic carbocycles. The third-order valence-electron chi connectivity index (χ3n) is 3.62. The average molecular weight is 253 g/mol. The molecule has 0 aliphatic heterocycles. The van der Waals surface area contributed by atoms with Crippen molar-refractivity contribution in [3.05, 3.63) is 23.8 Å². The van der Waals surface area contributed by atoms with E-state index in [1.165, 1.54) is 28.2 Å². The highest BCUT2D eigenvalue weighted by Crippen LogP contribution is 2.51. The summed E-state index contributed by atoms with van der Waals surface area (Å²) in [4.78, 5) is 2.76. The van der Waals surface area contributed by atoms with Gasteiger partial charge in [0.15, 0.2) is 0 Å². The Morgan fingerprint density at radius 2 is 1.81 bits per heavy atom. The quantitative estimate of drug-likeness (QED) is 0.832. The van der Waals surface area contributed by atoms with E-state index in [0.29, 0.717) is 0 Å². The van der Waals surface area contributed by atoms with Crippen LogP contribution in [0.5, 0.6) is 0 Å². The summed E-state index contributed by atoms with van der Waals surface area (Å²) in [6.45, 7) is 2.13. The molecule has 0 aromatic heterocycles. The third-order valence-corrected chi connectivity index (χ3v) is 5.32. The first-order chi connectivity index (χ1) is 7.64. The van der Waals surface area contributed by atoms with Crippen LogP contribution in [0.1, 0.15) is 25.3 Å². The van der Waals surface area contributed by atoms with Crippen LogP contribution < -0.4 is 5.73 Å². The van der Waals surface area contributed by atoms with Gasteiger partial charge in [-0.25, -0.2) is 0 Å². The largest absolute Gasteiger partial charge is 0.327 e. The summed E-state index contributed by atoms with van der Waals surface area (Å²) in [6, 6.07) is 7.12. The molecule has 0 bridgehead atoms. The molecular weight excluding hydrogens is 234 g/mol. The van der Waals surface area contributed by atoms with Crippen LogP contribution >= 0.6 is 23.5 Å². The molecule has 1 saturated carbocycles. The predicted octanol–water partition coefficient (Wildman–Crippen LogP) is 3.51. The number of benzene rings is 1. The van der Waals surface area contributed by atoms with E-state index in [4.69, 9.17) is 5.73 Å². The van der Waals surface area contributed by atoms with Crippen molar-refractivity contribution >= 4 is 23.5 Å². The lowest BCUT2D eigenvalue weighted by molar-refractivity contribution is 0.555. The van der Waals surface area contributed by atoms with Crippen molar-refractivity contribution in [3.8, 4) is 0 Å². The van der Waals surface area contributed by atoms with E-state index in [2.05, 4.69) is 37.6 Å². The lowest BCUT2D eigenvalue weighted by atomic mass is 9.90. The second-order valence-corrected chi connectivity index (χ2v) is 6.21. The fourth-order valence-corrected chi connectivity index (χ4v) is 3.77. The number of nitrogens with two attached hydrogens (primary N) is 1. The van der Waals surface area contributed by atoms with Crippen molar-refractivity contribution in [1.29, 1.82) is 0 Å². The van der Waals surface area contributed by atoms with Crippen LogP contribution in [0.3, 0.4) is 0 Å². The van der Waals surface area contributed by atoms with Gasteiger partial charge in [-0.05, 0) is 50.0 Å². The third kappa shape index (κ3) is 2.01. The Morgan fingerprint density at radius 3 is 2.25 bits per heavy atom. The van der Waals surface area contributed by atoms with E-state index in [9.17, 15) is 0 Å². The molecule has 1 atom stereocenters. The van der Waals surface area contributed by atoms with Crippen LogP contribution in [0, 0.1) is 0 Å². The first-order valence-corrected chi connectivity index (χ1v) is 8.07. The monoisotopic (exact) mass is 253 g/mol. The topological polar surface area (TPSA) is 26.0 Å². The fourth-order valence-electron chi connectivity index (χ4n) is 2.29. The Labute approximate surface area is 107 Å². The van der Waals surface area contributed by atoms with Crippen molar-refractivity contribution in [2.75, 3.05) is 12.5 Å². The van der Waals surface area contributed by atoms with Gasteiger partial charge >= 0.3 is 0 Å². The Morgan fingerprint density at radius 1 is 1.19 bits per heavy atom. The molecule has 0 amide bonds. The molecule has 1 aromatic rings. The zero-order chi connectivity index (χ0) is 11.8. The SMILES string of the molecule is CSc1ccc(C2(C(C)N)CC2)cc1SC. The molecule has 2 N–H and O–H groups in total. The van der Waals surface area contributed by atoms with Gasteiger partial charge in [0.05, 0.1) is 0 Å². The van der Waals surface area contributed by atoms with Crippen molar-refractivity contribution in [2.45, 2.75) is 41.0 Å². The zero-order valence-corrected chi connectivity index (χ0v) is 11.8. The van der Waals surface area contributed by atoms with E-state index in [0.717, 1.165) is 0 Å². The smallest absolute Gasteiger partial charge is 0.0208 e. The minimum absolute atomic E-state index is 0.266. The number of rotatable bonds is 4. The molecule has 0 radical (unpaired) electrons.